The zero-order chi connectivity index (χ0) is 17.8. The standard InChI is InChI=1S/C18H20N4O3/c1-3-22-8-7-20-17(22)16-13(6-9-25-16)18(23)21-14-5-4-12(11-19)10-15(14)24-2/h4-5,7-8,10,13,16H,3,6,9H2,1-2H3,(H,21,23)/t13-,16-/m1/s1. The fraction of sp³-hybridized carbons (Fsp3) is 0.389. The highest BCUT2D eigenvalue weighted by Gasteiger charge is 2.38. The van der Waals surface area contributed by atoms with Crippen molar-refractivity contribution < 1.29 is 14.3 Å². The number of benzene rings is 1. The first-order valence-electron chi connectivity index (χ1n) is 8.19. The van der Waals surface area contributed by atoms with Gasteiger partial charge in [0.15, 0.2) is 0 Å². The van der Waals surface area contributed by atoms with Gasteiger partial charge in [0.2, 0.25) is 5.91 Å². The van der Waals surface area contributed by atoms with Crippen molar-refractivity contribution in [3.63, 3.8) is 0 Å². The Morgan fingerprint density at radius 2 is 2.40 bits per heavy atom. The summed E-state index contributed by atoms with van der Waals surface area (Å²) in [7, 11) is 1.51. The predicted octanol–water partition coefficient (Wildman–Crippen LogP) is 2.50. The summed E-state index contributed by atoms with van der Waals surface area (Å²) in [6.07, 6.45) is 3.87. The summed E-state index contributed by atoms with van der Waals surface area (Å²) in [6, 6.07) is 6.97. The minimum absolute atomic E-state index is 0.142. The summed E-state index contributed by atoms with van der Waals surface area (Å²) >= 11 is 0. The largest absolute Gasteiger partial charge is 0.495 e. The Bertz CT molecular complexity index is 809. The summed E-state index contributed by atoms with van der Waals surface area (Å²) in [5, 5.41) is 11.9. The summed E-state index contributed by atoms with van der Waals surface area (Å²) in [5.74, 6) is 0.758. The highest BCUT2D eigenvalue weighted by atomic mass is 16.5. The number of hydrogen-bond donors (Lipinski definition) is 1. The van der Waals surface area contributed by atoms with Gasteiger partial charge in [-0.15, -0.1) is 0 Å². The summed E-state index contributed by atoms with van der Waals surface area (Å²) in [6.45, 7) is 3.31. The SMILES string of the molecule is CCn1ccnc1[C@@H]1OCC[C@H]1C(=O)Nc1ccc(C#N)cc1OC. The van der Waals surface area contributed by atoms with Gasteiger partial charge in [-0.3, -0.25) is 4.79 Å². The molecule has 0 bridgehead atoms. The predicted molar refractivity (Wildman–Crippen MR) is 91.0 cm³/mol. The lowest BCUT2D eigenvalue weighted by Crippen LogP contribution is -2.27. The van der Waals surface area contributed by atoms with Crippen LogP contribution >= 0.6 is 0 Å². The average Bonchev–Trinajstić information content (AvgIpc) is 3.30. The van der Waals surface area contributed by atoms with Crippen LogP contribution in [0.25, 0.3) is 0 Å². The van der Waals surface area contributed by atoms with E-state index < -0.39 is 0 Å². The van der Waals surface area contributed by atoms with Crippen LogP contribution in [0.3, 0.4) is 0 Å². The zero-order valence-corrected chi connectivity index (χ0v) is 14.2. The van der Waals surface area contributed by atoms with E-state index in [-0.39, 0.29) is 17.9 Å². The molecule has 2 aromatic rings. The van der Waals surface area contributed by atoms with E-state index in [9.17, 15) is 4.79 Å². The van der Waals surface area contributed by atoms with Crippen LogP contribution in [0.15, 0.2) is 30.6 Å². The molecule has 2 atom stereocenters. The first-order chi connectivity index (χ1) is 12.2. The van der Waals surface area contributed by atoms with Crippen molar-refractivity contribution in [1.82, 2.24) is 9.55 Å². The first-order valence-corrected chi connectivity index (χ1v) is 8.19. The summed E-state index contributed by atoms with van der Waals surface area (Å²) in [5.41, 5.74) is 1.01. The molecule has 0 spiro atoms. The Labute approximate surface area is 146 Å². The molecule has 1 amide bonds. The molecule has 130 valence electrons. The summed E-state index contributed by atoms with van der Waals surface area (Å²) < 4.78 is 13.0. The minimum Gasteiger partial charge on any atom is -0.495 e. The van der Waals surface area contributed by atoms with E-state index >= 15 is 0 Å². The number of amides is 1. The molecule has 3 rings (SSSR count). The average molecular weight is 340 g/mol. The Morgan fingerprint density at radius 3 is 3.12 bits per heavy atom. The van der Waals surface area contributed by atoms with E-state index in [0.717, 1.165) is 12.4 Å². The minimum atomic E-state index is -0.362. The Kier molecular flexibility index (Phi) is 5.00. The number of ether oxygens (including phenoxy) is 2. The molecule has 0 unspecified atom stereocenters. The van der Waals surface area contributed by atoms with Gasteiger partial charge in [0.05, 0.1) is 30.3 Å². The molecule has 25 heavy (non-hydrogen) atoms. The van der Waals surface area contributed by atoms with Crippen molar-refractivity contribution in [3.8, 4) is 11.8 Å². The second-order valence-corrected chi connectivity index (χ2v) is 5.77. The molecular weight excluding hydrogens is 320 g/mol. The highest BCUT2D eigenvalue weighted by molar-refractivity contribution is 5.94. The monoisotopic (exact) mass is 340 g/mol. The van der Waals surface area contributed by atoms with Crippen LogP contribution in [0, 0.1) is 17.2 Å². The fourth-order valence-corrected chi connectivity index (χ4v) is 3.05. The van der Waals surface area contributed by atoms with Crippen molar-refractivity contribution in [2.75, 3.05) is 19.0 Å². The van der Waals surface area contributed by atoms with E-state index in [4.69, 9.17) is 14.7 Å². The number of nitriles is 1. The van der Waals surface area contributed by atoms with Gasteiger partial charge in [-0.2, -0.15) is 5.26 Å². The van der Waals surface area contributed by atoms with Crippen LogP contribution in [0.5, 0.6) is 5.75 Å². The van der Waals surface area contributed by atoms with Crippen LogP contribution in [0.2, 0.25) is 0 Å². The molecule has 7 nitrogen and oxygen atoms in total. The van der Waals surface area contributed by atoms with Crippen molar-refractivity contribution in [3.05, 3.63) is 42.0 Å². The number of carbonyl (C=O) groups excluding carboxylic acids is 1. The van der Waals surface area contributed by atoms with E-state index in [2.05, 4.69) is 16.4 Å². The smallest absolute Gasteiger partial charge is 0.230 e. The molecule has 1 aliphatic rings. The third kappa shape index (κ3) is 3.35. The van der Waals surface area contributed by atoms with Crippen LogP contribution < -0.4 is 10.1 Å². The van der Waals surface area contributed by atoms with Crippen LogP contribution in [0.4, 0.5) is 5.69 Å². The van der Waals surface area contributed by atoms with E-state index in [1.807, 2.05) is 17.7 Å². The Hall–Kier alpha value is -2.85. The molecule has 0 radical (unpaired) electrons. The molecule has 1 saturated heterocycles. The number of carbonyl (C=O) groups is 1. The maximum absolute atomic E-state index is 12.8. The molecule has 1 aliphatic heterocycles. The van der Waals surface area contributed by atoms with Crippen LogP contribution in [-0.2, 0) is 16.1 Å². The van der Waals surface area contributed by atoms with Crippen molar-refractivity contribution in [2.45, 2.75) is 26.0 Å². The number of hydrogen-bond acceptors (Lipinski definition) is 5. The molecule has 1 aromatic heterocycles. The van der Waals surface area contributed by atoms with E-state index in [0.29, 0.717) is 30.0 Å². The normalized spacial score (nSPS) is 19.4. The van der Waals surface area contributed by atoms with Gasteiger partial charge >= 0.3 is 0 Å². The van der Waals surface area contributed by atoms with Gasteiger partial charge in [-0.1, -0.05) is 0 Å². The number of aryl methyl sites for hydroxylation is 1. The summed E-state index contributed by atoms with van der Waals surface area (Å²) in [4.78, 5) is 17.2. The maximum atomic E-state index is 12.8. The second-order valence-electron chi connectivity index (χ2n) is 5.77. The Morgan fingerprint density at radius 1 is 1.56 bits per heavy atom. The number of nitrogens with one attached hydrogen (secondary N) is 1. The fourth-order valence-electron chi connectivity index (χ4n) is 3.05. The van der Waals surface area contributed by atoms with Gasteiger partial charge in [0.1, 0.15) is 17.7 Å². The molecular formula is C18H20N4O3. The molecule has 1 aromatic carbocycles. The van der Waals surface area contributed by atoms with Gasteiger partial charge < -0.3 is 19.4 Å². The Balaban J connectivity index is 1.80. The lowest BCUT2D eigenvalue weighted by atomic mass is 9.99. The zero-order valence-electron chi connectivity index (χ0n) is 14.2. The lowest BCUT2D eigenvalue weighted by Gasteiger charge is -2.19. The van der Waals surface area contributed by atoms with Crippen molar-refractivity contribution in [2.24, 2.45) is 5.92 Å². The second kappa shape index (κ2) is 7.36. The third-order valence-corrected chi connectivity index (χ3v) is 4.36. The molecule has 0 saturated carbocycles. The van der Waals surface area contributed by atoms with Crippen LogP contribution in [-0.4, -0.2) is 29.2 Å². The number of rotatable bonds is 5. The topological polar surface area (TPSA) is 89.2 Å². The maximum Gasteiger partial charge on any atom is 0.230 e. The molecule has 1 N–H and O–H groups in total. The van der Waals surface area contributed by atoms with Crippen LogP contribution in [0.1, 0.15) is 30.8 Å². The number of nitrogens with zero attached hydrogens (tertiary/aromatic N) is 3. The van der Waals surface area contributed by atoms with E-state index in [1.165, 1.54) is 7.11 Å². The molecule has 7 heteroatoms. The first kappa shape index (κ1) is 17.0. The van der Waals surface area contributed by atoms with Gasteiger partial charge in [-0.25, -0.2) is 4.98 Å². The lowest BCUT2D eigenvalue weighted by molar-refractivity contribution is -0.121. The highest BCUT2D eigenvalue weighted by Crippen LogP contribution is 2.35. The quantitative estimate of drug-likeness (QED) is 0.903. The van der Waals surface area contributed by atoms with Gasteiger partial charge in [0.25, 0.3) is 0 Å². The third-order valence-electron chi connectivity index (χ3n) is 4.36. The molecule has 2 heterocycles. The van der Waals surface area contributed by atoms with Gasteiger partial charge in [0, 0.05) is 31.6 Å². The number of imidazole rings is 1. The van der Waals surface area contributed by atoms with E-state index in [1.54, 1.807) is 24.4 Å². The van der Waals surface area contributed by atoms with Crippen molar-refractivity contribution >= 4 is 11.6 Å². The van der Waals surface area contributed by atoms with Gasteiger partial charge in [-0.05, 0) is 25.5 Å². The molecule has 0 aliphatic carbocycles. The number of aromatic nitrogens is 2. The number of anilines is 1. The molecule has 1 fully saturated rings. The number of methoxy groups -OCH3 is 1. The van der Waals surface area contributed by atoms with Crippen molar-refractivity contribution in [1.29, 1.82) is 5.26 Å².